The average Bonchev–Trinajstić information content (AvgIpc) is 2.65. The van der Waals surface area contributed by atoms with Crippen molar-refractivity contribution in [3.05, 3.63) is 52.5 Å². The van der Waals surface area contributed by atoms with E-state index >= 15 is 0 Å². The molecule has 2 aromatic carbocycles. The van der Waals surface area contributed by atoms with Crippen molar-refractivity contribution >= 4 is 23.4 Å². The Hall–Kier alpha value is -2.73. The molecule has 0 saturated carbocycles. The van der Waals surface area contributed by atoms with Gasteiger partial charge in [0.2, 0.25) is 0 Å². The van der Waals surface area contributed by atoms with E-state index in [1.54, 1.807) is 30.3 Å². The van der Waals surface area contributed by atoms with Crippen LogP contribution in [0.2, 0.25) is 5.02 Å². The molecule has 0 saturated heterocycles. The maximum Gasteiger partial charge on any atom is 0.342 e. The van der Waals surface area contributed by atoms with Crippen LogP contribution in [-0.4, -0.2) is 38.7 Å². The fourth-order valence-corrected chi connectivity index (χ4v) is 2.52. The molecule has 0 atom stereocenters. The molecule has 0 N–H and O–H groups in total. The van der Waals surface area contributed by atoms with Crippen LogP contribution in [0.15, 0.2) is 36.4 Å². The lowest BCUT2D eigenvalue weighted by molar-refractivity contribution is 0.0471. The lowest BCUT2D eigenvalue weighted by Gasteiger charge is -2.18. The molecular formula is C18H15ClO6. The van der Waals surface area contributed by atoms with Crippen molar-refractivity contribution in [1.29, 1.82) is 0 Å². The first kappa shape index (κ1) is 17.1. The number of hydrogen-bond donors (Lipinski definition) is 0. The normalized spacial score (nSPS) is 12.4. The van der Waals surface area contributed by atoms with Gasteiger partial charge in [-0.2, -0.15) is 0 Å². The summed E-state index contributed by atoms with van der Waals surface area (Å²) in [4.78, 5) is 24.4. The number of hydrogen-bond acceptors (Lipinski definition) is 6. The molecule has 0 radical (unpaired) electrons. The lowest BCUT2D eigenvalue weighted by atomic mass is 10.1. The average molecular weight is 363 g/mol. The molecule has 3 rings (SSSR count). The standard InChI is InChI=1S/C18H15ClO6/c1-22-15-5-3-12(19)9-13(15)18(21)25-10-14(20)11-2-4-16-17(8-11)24-7-6-23-16/h2-5,8-9H,6-7,10H2,1H3. The maximum absolute atomic E-state index is 12.3. The van der Waals surface area contributed by atoms with Gasteiger partial charge in [0.05, 0.1) is 7.11 Å². The third-order valence-corrected chi connectivity index (χ3v) is 3.82. The number of carbonyl (C=O) groups excluding carboxylic acids is 2. The Morgan fingerprint density at radius 2 is 1.84 bits per heavy atom. The van der Waals surface area contributed by atoms with Crippen molar-refractivity contribution in [2.45, 2.75) is 0 Å². The Labute approximate surface area is 149 Å². The zero-order chi connectivity index (χ0) is 17.8. The minimum atomic E-state index is -0.690. The summed E-state index contributed by atoms with van der Waals surface area (Å²) in [6.07, 6.45) is 0. The van der Waals surface area contributed by atoms with Gasteiger partial charge >= 0.3 is 5.97 Å². The second-order valence-electron chi connectivity index (χ2n) is 5.20. The summed E-state index contributed by atoms with van der Waals surface area (Å²) in [5.74, 6) is 0.362. The van der Waals surface area contributed by atoms with Crippen LogP contribution >= 0.6 is 11.6 Å². The molecule has 2 aromatic rings. The summed E-state index contributed by atoms with van der Waals surface area (Å²) in [6.45, 7) is 0.488. The predicted octanol–water partition coefficient (Wildman–Crippen LogP) is 3.16. The largest absolute Gasteiger partial charge is 0.496 e. The Balaban J connectivity index is 1.68. The van der Waals surface area contributed by atoms with E-state index in [4.69, 9.17) is 30.5 Å². The number of ether oxygens (including phenoxy) is 4. The number of halogens is 1. The molecule has 0 spiro atoms. The van der Waals surface area contributed by atoms with E-state index in [-0.39, 0.29) is 11.3 Å². The van der Waals surface area contributed by atoms with Crippen LogP contribution < -0.4 is 14.2 Å². The zero-order valence-corrected chi connectivity index (χ0v) is 14.2. The van der Waals surface area contributed by atoms with Gasteiger partial charge in [-0.05, 0) is 36.4 Å². The van der Waals surface area contributed by atoms with Gasteiger partial charge in [0, 0.05) is 10.6 Å². The van der Waals surface area contributed by atoms with Gasteiger partial charge in [0.25, 0.3) is 0 Å². The number of methoxy groups -OCH3 is 1. The zero-order valence-electron chi connectivity index (χ0n) is 13.4. The van der Waals surface area contributed by atoms with Gasteiger partial charge in [-0.15, -0.1) is 0 Å². The fourth-order valence-electron chi connectivity index (χ4n) is 2.35. The van der Waals surface area contributed by atoms with Crippen LogP contribution in [0.1, 0.15) is 20.7 Å². The lowest BCUT2D eigenvalue weighted by Crippen LogP contribution is -2.17. The smallest absolute Gasteiger partial charge is 0.342 e. The minimum absolute atomic E-state index is 0.157. The Kier molecular flexibility index (Phi) is 5.09. The number of carbonyl (C=O) groups is 2. The van der Waals surface area contributed by atoms with E-state index in [0.29, 0.717) is 41.0 Å². The number of Topliss-reactive ketones (excluding diaryl/α,β-unsaturated/α-hetero) is 1. The van der Waals surface area contributed by atoms with Crippen LogP contribution in [0.25, 0.3) is 0 Å². The van der Waals surface area contributed by atoms with Crippen LogP contribution in [0.4, 0.5) is 0 Å². The van der Waals surface area contributed by atoms with Crippen LogP contribution in [-0.2, 0) is 4.74 Å². The molecule has 7 heteroatoms. The minimum Gasteiger partial charge on any atom is -0.496 e. The van der Waals surface area contributed by atoms with Crippen molar-refractivity contribution in [1.82, 2.24) is 0 Å². The van der Waals surface area contributed by atoms with Gasteiger partial charge in [-0.3, -0.25) is 4.79 Å². The van der Waals surface area contributed by atoms with Gasteiger partial charge in [0.1, 0.15) is 24.5 Å². The summed E-state index contributed by atoms with van der Waals surface area (Å²) >= 11 is 5.89. The van der Waals surface area contributed by atoms with Crippen molar-refractivity contribution in [2.24, 2.45) is 0 Å². The molecule has 1 aliphatic heterocycles. The molecule has 0 fully saturated rings. The molecule has 1 heterocycles. The second kappa shape index (κ2) is 7.44. The first-order chi connectivity index (χ1) is 12.1. The fraction of sp³-hybridized carbons (Fsp3) is 0.222. The highest BCUT2D eigenvalue weighted by Crippen LogP contribution is 2.31. The van der Waals surface area contributed by atoms with Gasteiger partial charge < -0.3 is 18.9 Å². The summed E-state index contributed by atoms with van der Waals surface area (Å²) < 4.78 is 21.0. The van der Waals surface area contributed by atoms with Crippen LogP contribution in [0.3, 0.4) is 0 Å². The molecule has 25 heavy (non-hydrogen) atoms. The first-order valence-corrected chi connectivity index (χ1v) is 7.90. The van der Waals surface area contributed by atoms with E-state index in [2.05, 4.69) is 0 Å². The third-order valence-electron chi connectivity index (χ3n) is 3.58. The third kappa shape index (κ3) is 3.85. The molecule has 1 aliphatic rings. The van der Waals surface area contributed by atoms with Crippen molar-refractivity contribution in [2.75, 3.05) is 26.9 Å². The first-order valence-electron chi connectivity index (χ1n) is 7.52. The van der Waals surface area contributed by atoms with Crippen molar-refractivity contribution in [3.63, 3.8) is 0 Å². The van der Waals surface area contributed by atoms with Crippen LogP contribution in [0.5, 0.6) is 17.2 Å². The molecular weight excluding hydrogens is 348 g/mol. The number of fused-ring (bicyclic) bond motifs is 1. The summed E-state index contributed by atoms with van der Waals surface area (Å²) in [5.41, 5.74) is 0.528. The van der Waals surface area contributed by atoms with E-state index < -0.39 is 12.6 Å². The van der Waals surface area contributed by atoms with E-state index in [0.717, 1.165) is 0 Å². The highest BCUT2D eigenvalue weighted by molar-refractivity contribution is 6.31. The number of esters is 1. The van der Waals surface area contributed by atoms with E-state index in [1.807, 2.05) is 0 Å². The highest BCUT2D eigenvalue weighted by atomic mass is 35.5. The van der Waals surface area contributed by atoms with E-state index in [1.165, 1.54) is 13.2 Å². The highest BCUT2D eigenvalue weighted by Gasteiger charge is 2.18. The Bertz CT molecular complexity index is 817. The van der Waals surface area contributed by atoms with Crippen molar-refractivity contribution in [3.8, 4) is 17.2 Å². The Morgan fingerprint density at radius 3 is 2.60 bits per heavy atom. The van der Waals surface area contributed by atoms with Gasteiger partial charge in [-0.1, -0.05) is 11.6 Å². The molecule has 0 aliphatic carbocycles. The molecule has 0 unspecified atom stereocenters. The second-order valence-corrected chi connectivity index (χ2v) is 5.64. The number of rotatable bonds is 5. The number of benzene rings is 2. The SMILES string of the molecule is COc1ccc(Cl)cc1C(=O)OCC(=O)c1ccc2c(c1)OCCO2. The van der Waals surface area contributed by atoms with Crippen molar-refractivity contribution < 1.29 is 28.5 Å². The van der Waals surface area contributed by atoms with Gasteiger partial charge in [0.15, 0.2) is 23.9 Å². The van der Waals surface area contributed by atoms with Crippen LogP contribution in [0, 0.1) is 0 Å². The molecule has 0 bridgehead atoms. The Morgan fingerprint density at radius 1 is 1.08 bits per heavy atom. The molecule has 6 nitrogen and oxygen atoms in total. The topological polar surface area (TPSA) is 71.1 Å². The summed E-state index contributed by atoms with van der Waals surface area (Å²) in [5, 5.41) is 0.367. The predicted molar refractivity (Wildman–Crippen MR) is 90.0 cm³/mol. The quantitative estimate of drug-likeness (QED) is 0.601. The molecule has 0 aromatic heterocycles. The summed E-state index contributed by atoms with van der Waals surface area (Å²) in [6, 6.07) is 9.41. The molecule has 130 valence electrons. The molecule has 0 amide bonds. The number of ketones is 1. The van der Waals surface area contributed by atoms with E-state index in [9.17, 15) is 9.59 Å². The van der Waals surface area contributed by atoms with Gasteiger partial charge in [-0.25, -0.2) is 4.79 Å². The maximum atomic E-state index is 12.3. The monoisotopic (exact) mass is 362 g/mol. The summed E-state index contributed by atoms with van der Waals surface area (Å²) in [7, 11) is 1.43.